The molecule has 1 heterocycles. The maximum Gasteiger partial charge on any atom is 0.340 e. The van der Waals surface area contributed by atoms with Gasteiger partial charge in [-0.3, -0.25) is 19.8 Å². The van der Waals surface area contributed by atoms with E-state index >= 15 is 0 Å². The molecular formula is C20H15FN2O5. The van der Waals surface area contributed by atoms with Gasteiger partial charge in [0.2, 0.25) is 0 Å². The molecule has 0 unspecified atom stereocenters. The number of methoxy groups -OCH3 is 1. The van der Waals surface area contributed by atoms with E-state index in [0.717, 1.165) is 12.0 Å². The van der Waals surface area contributed by atoms with Crippen LogP contribution in [-0.4, -0.2) is 23.9 Å². The minimum absolute atomic E-state index is 0.0302. The number of nitro groups is 1. The minimum atomic E-state index is -0.797. The van der Waals surface area contributed by atoms with Crippen molar-refractivity contribution >= 4 is 29.3 Å². The third-order valence-electron chi connectivity index (χ3n) is 4.32. The van der Waals surface area contributed by atoms with E-state index < -0.39 is 22.6 Å². The highest BCUT2D eigenvalue weighted by atomic mass is 19.1. The number of allylic oxidation sites excluding steroid dienone is 1. The van der Waals surface area contributed by atoms with Crippen LogP contribution in [0, 0.1) is 15.9 Å². The average molecular weight is 382 g/mol. The predicted octanol–water partition coefficient (Wildman–Crippen LogP) is 3.61. The molecule has 0 radical (unpaired) electrons. The molecule has 0 saturated carbocycles. The Labute approximate surface area is 159 Å². The summed E-state index contributed by atoms with van der Waals surface area (Å²) >= 11 is 0. The van der Waals surface area contributed by atoms with E-state index in [-0.39, 0.29) is 33.8 Å². The highest BCUT2D eigenvalue weighted by molar-refractivity contribution is 6.24. The topological polar surface area (TPSA) is 89.8 Å². The van der Waals surface area contributed by atoms with E-state index in [0.29, 0.717) is 0 Å². The van der Waals surface area contributed by atoms with Crippen LogP contribution < -0.4 is 4.90 Å². The van der Waals surface area contributed by atoms with Crippen molar-refractivity contribution < 1.29 is 23.6 Å². The smallest absolute Gasteiger partial charge is 0.340 e. The molecule has 0 aromatic heterocycles. The lowest BCUT2D eigenvalue weighted by molar-refractivity contribution is -0.385. The van der Waals surface area contributed by atoms with Gasteiger partial charge in [0.05, 0.1) is 34.4 Å². The van der Waals surface area contributed by atoms with E-state index in [1.165, 1.54) is 49.4 Å². The first kappa shape index (κ1) is 19.0. The zero-order valence-corrected chi connectivity index (χ0v) is 15.0. The third kappa shape index (κ3) is 3.16. The molecule has 1 aliphatic heterocycles. The van der Waals surface area contributed by atoms with Crippen molar-refractivity contribution in [1.29, 1.82) is 0 Å². The number of hydrogen-bond acceptors (Lipinski definition) is 5. The number of amides is 1. The molecule has 0 bridgehead atoms. The molecule has 142 valence electrons. The lowest BCUT2D eigenvalue weighted by atomic mass is 10.0. The third-order valence-corrected chi connectivity index (χ3v) is 4.32. The molecule has 7 nitrogen and oxygen atoms in total. The molecule has 28 heavy (non-hydrogen) atoms. The van der Waals surface area contributed by atoms with Crippen LogP contribution in [0.3, 0.4) is 0 Å². The number of esters is 1. The van der Waals surface area contributed by atoms with E-state index in [9.17, 15) is 24.1 Å². The molecule has 8 heteroatoms. The van der Waals surface area contributed by atoms with E-state index in [4.69, 9.17) is 4.74 Å². The van der Waals surface area contributed by atoms with Crippen LogP contribution in [0.4, 0.5) is 15.8 Å². The summed E-state index contributed by atoms with van der Waals surface area (Å²) in [4.78, 5) is 37.1. The van der Waals surface area contributed by atoms with Crippen LogP contribution in [-0.2, 0) is 14.3 Å². The zero-order chi connectivity index (χ0) is 20.4. The Kier molecular flexibility index (Phi) is 5.04. The van der Waals surface area contributed by atoms with Crippen molar-refractivity contribution in [1.82, 2.24) is 0 Å². The molecule has 0 fully saturated rings. The summed E-state index contributed by atoms with van der Waals surface area (Å²) in [5.41, 5.74) is -0.130. The van der Waals surface area contributed by atoms with Crippen LogP contribution >= 0.6 is 0 Å². The molecule has 1 aliphatic rings. The fraction of sp³-hybridized carbons (Fsp3) is 0.100. The van der Waals surface area contributed by atoms with Crippen LogP contribution in [0.25, 0.3) is 6.08 Å². The van der Waals surface area contributed by atoms with E-state index in [2.05, 4.69) is 0 Å². The number of nitro benzene ring substituents is 1. The molecular weight excluding hydrogens is 367 g/mol. The molecule has 0 aliphatic carbocycles. The van der Waals surface area contributed by atoms with Gasteiger partial charge in [0, 0.05) is 11.8 Å². The van der Waals surface area contributed by atoms with Gasteiger partial charge in [0.15, 0.2) is 0 Å². The highest BCUT2D eigenvalue weighted by Crippen LogP contribution is 2.37. The van der Waals surface area contributed by atoms with Gasteiger partial charge in [-0.1, -0.05) is 24.3 Å². The second-order valence-corrected chi connectivity index (χ2v) is 5.92. The van der Waals surface area contributed by atoms with Gasteiger partial charge in [0.1, 0.15) is 5.82 Å². The Morgan fingerprint density at radius 3 is 2.46 bits per heavy atom. The molecule has 0 spiro atoms. The SMILES string of the molecule is COC(=O)C1=C(C)N(c2ccccc2F)C(=O)/C1=C\c1ccccc1[N+](=O)[O-]. The lowest BCUT2D eigenvalue weighted by Crippen LogP contribution is -2.25. The summed E-state index contributed by atoms with van der Waals surface area (Å²) in [7, 11) is 1.15. The number of carbonyl (C=O) groups excluding carboxylic acids is 2. The first-order chi connectivity index (χ1) is 13.4. The Morgan fingerprint density at radius 1 is 1.18 bits per heavy atom. The summed E-state index contributed by atoms with van der Waals surface area (Å²) in [6.07, 6.45) is 1.25. The van der Waals surface area contributed by atoms with Crippen LogP contribution in [0.15, 0.2) is 65.4 Å². The van der Waals surface area contributed by atoms with Crippen molar-refractivity contribution in [2.45, 2.75) is 6.92 Å². The maximum atomic E-state index is 14.3. The Hall–Kier alpha value is -3.81. The predicted molar refractivity (Wildman–Crippen MR) is 99.7 cm³/mol. The number of para-hydroxylation sites is 2. The van der Waals surface area contributed by atoms with Crippen LogP contribution in [0.2, 0.25) is 0 Å². The second kappa shape index (κ2) is 7.43. The second-order valence-electron chi connectivity index (χ2n) is 5.92. The van der Waals surface area contributed by atoms with Crippen molar-refractivity contribution in [3.8, 4) is 0 Å². The summed E-state index contributed by atoms with van der Waals surface area (Å²) < 4.78 is 19.0. The van der Waals surface area contributed by atoms with Gasteiger partial charge in [-0.05, 0) is 31.2 Å². The Morgan fingerprint density at radius 2 is 1.82 bits per heavy atom. The molecule has 2 aromatic carbocycles. The number of rotatable bonds is 4. The number of halogens is 1. The monoisotopic (exact) mass is 382 g/mol. The van der Waals surface area contributed by atoms with Crippen molar-refractivity contribution in [3.05, 3.63) is 86.9 Å². The molecule has 2 aromatic rings. The summed E-state index contributed by atoms with van der Waals surface area (Å²) in [6.45, 7) is 1.48. The quantitative estimate of drug-likeness (QED) is 0.349. The number of carbonyl (C=O) groups is 2. The lowest BCUT2D eigenvalue weighted by Gasteiger charge is -2.18. The van der Waals surface area contributed by atoms with Gasteiger partial charge in [-0.2, -0.15) is 0 Å². The van der Waals surface area contributed by atoms with Gasteiger partial charge in [-0.15, -0.1) is 0 Å². The maximum absolute atomic E-state index is 14.3. The molecule has 0 saturated heterocycles. The summed E-state index contributed by atoms with van der Waals surface area (Å²) in [5, 5.41) is 11.3. The fourth-order valence-electron chi connectivity index (χ4n) is 3.03. The normalized spacial score (nSPS) is 15.3. The van der Waals surface area contributed by atoms with Gasteiger partial charge in [0.25, 0.3) is 11.6 Å². The molecule has 3 rings (SSSR count). The standard InChI is InChI=1S/C20H15FN2O5/c1-12-18(20(25)28-2)14(11-13-7-3-5-9-16(13)23(26)27)19(24)22(12)17-10-6-4-8-15(17)21/h3-11H,1-2H3/b14-11-. The largest absolute Gasteiger partial charge is 0.465 e. The minimum Gasteiger partial charge on any atom is -0.465 e. The molecule has 0 N–H and O–H groups in total. The van der Waals surface area contributed by atoms with E-state index in [1.54, 1.807) is 12.1 Å². The zero-order valence-electron chi connectivity index (χ0n) is 15.0. The number of hydrogen-bond donors (Lipinski definition) is 0. The number of anilines is 1. The Bertz CT molecular complexity index is 1060. The van der Waals surface area contributed by atoms with Gasteiger partial charge >= 0.3 is 5.97 Å². The van der Waals surface area contributed by atoms with Crippen LogP contribution in [0.5, 0.6) is 0 Å². The van der Waals surface area contributed by atoms with Crippen molar-refractivity contribution in [2.75, 3.05) is 12.0 Å². The summed E-state index contributed by atoms with van der Waals surface area (Å²) in [5.74, 6) is -2.12. The average Bonchev–Trinajstić information content (AvgIpc) is 2.92. The first-order valence-corrected chi connectivity index (χ1v) is 8.20. The Balaban J connectivity index is 2.22. The number of benzene rings is 2. The van der Waals surface area contributed by atoms with Gasteiger partial charge < -0.3 is 4.74 Å². The number of nitrogens with zero attached hydrogens (tertiary/aromatic N) is 2. The molecule has 0 atom stereocenters. The first-order valence-electron chi connectivity index (χ1n) is 8.20. The van der Waals surface area contributed by atoms with E-state index in [1.807, 2.05) is 0 Å². The molecule has 1 amide bonds. The van der Waals surface area contributed by atoms with Crippen molar-refractivity contribution in [2.24, 2.45) is 0 Å². The van der Waals surface area contributed by atoms with Crippen molar-refractivity contribution in [3.63, 3.8) is 0 Å². The highest BCUT2D eigenvalue weighted by Gasteiger charge is 2.39. The van der Waals surface area contributed by atoms with Crippen LogP contribution in [0.1, 0.15) is 12.5 Å². The summed E-state index contributed by atoms with van der Waals surface area (Å²) in [6, 6.07) is 11.4. The number of ether oxygens (including phenoxy) is 1. The fourth-order valence-corrected chi connectivity index (χ4v) is 3.03. The van der Waals surface area contributed by atoms with Gasteiger partial charge in [-0.25, -0.2) is 9.18 Å².